The molecule has 1 aromatic heterocycles. The number of oxime groups is 1. The highest BCUT2D eigenvalue weighted by Gasteiger charge is 2.55. The topological polar surface area (TPSA) is 141 Å². The zero-order chi connectivity index (χ0) is 43.9. The molecule has 2 amide bonds. The average molecular weight is 910 g/mol. The van der Waals surface area contributed by atoms with Crippen LogP contribution in [-0.2, 0) is 39.0 Å². The molecule has 5 aromatic carbocycles. The third-order valence-electron chi connectivity index (χ3n) is 11.0. The Labute approximate surface area is 383 Å². The van der Waals surface area contributed by atoms with E-state index in [9.17, 15) is 14.4 Å². The lowest BCUT2D eigenvalue weighted by Gasteiger charge is -2.49. The lowest BCUT2D eigenvalue weighted by atomic mass is 9.77. The highest BCUT2D eigenvalue weighted by molar-refractivity contribution is 8.06. The number of amides is 2. The van der Waals surface area contributed by atoms with Crippen LogP contribution in [0.3, 0.4) is 0 Å². The van der Waals surface area contributed by atoms with E-state index in [0.29, 0.717) is 29.0 Å². The minimum absolute atomic E-state index is 0.0989. The maximum Gasteiger partial charge on any atom is 0.356 e. The van der Waals surface area contributed by atoms with Gasteiger partial charge >= 0.3 is 5.97 Å². The predicted molar refractivity (Wildman–Crippen MR) is 250 cm³/mol. The molecule has 3 aliphatic heterocycles. The lowest BCUT2D eigenvalue weighted by Crippen LogP contribution is -2.71. The molecule has 0 radical (unpaired) electrons. The fourth-order valence-corrected chi connectivity index (χ4v) is 11.5. The van der Waals surface area contributed by atoms with Crippen molar-refractivity contribution in [1.29, 1.82) is 0 Å². The number of carbonyl (C=O) groups is 3. The maximum absolute atomic E-state index is 14.5. The van der Waals surface area contributed by atoms with Crippen molar-refractivity contribution in [1.82, 2.24) is 15.2 Å². The van der Waals surface area contributed by atoms with Crippen LogP contribution in [0.2, 0.25) is 0 Å². The van der Waals surface area contributed by atoms with E-state index < -0.39 is 40.8 Å². The van der Waals surface area contributed by atoms with E-state index in [0.717, 1.165) is 27.8 Å². The molecule has 324 valence electrons. The summed E-state index contributed by atoms with van der Waals surface area (Å²) in [5.74, 6) is -1.38. The Morgan fingerprint density at radius 2 is 1.34 bits per heavy atom. The van der Waals surface area contributed by atoms with Crippen LogP contribution >= 0.6 is 34.9 Å². The van der Waals surface area contributed by atoms with Crippen molar-refractivity contribution in [2.45, 2.75) is 28.3 Å². The van der Waals surface area contributed by atoms with E-state index in [1.54, 1.807) is 5.38 Å². The van der Waals surface area contributed by atoms with Crippen molar-refractivity contribution in [3.63, 3.8) is 0 Å². The smallest absolute Gasteiger partial charge is 0.356 e. The monoisotopic (exact) mass is 909 g/mol. The Balaban J connectivity index is 0.979. The van der Waals surface area contributed by atoms with Gasteiger partial charge in [-0.25, -0.2) is 9.78 Å². The van der Waals surface area contributed by atoms with Gasteiger partial charge in [-0.1, -0.05) is 157 Å². The van der Waals surface area contributed by atoms with Gasteiger partial charge in [-0.15, -0.1) is 34.9 Å². The zero-order valence-electron chi connectivity index (χ0n) is 34.6. The Morgan fingerprint density at radius 3 is 1.88 bits per heavy atom. The van der Waals surface area contributed by atoms with Gasteiger partial charge in [0.05, 0.1) is 18.5 Å². The number of fused-ring (bicyclic) bond motifs is 1. The number of β-lactam (4-membered cyclic amide) rings is 1. The Bertz CT molecular complexity index is 2490. The second-order valence-electron chi connectivity index (χ2n) is 15.0. The van der Waals surface area contributed by atoms with Crippen molar-refractivity contribution < 1.29 is 33.4 Å². The third-order valence-corrected chi connectivity index (χ3v) is 14.4. The molecular formula is C49H43N5O7S3. The number of thioether (sulfide) groups is 2. The second kappa shape index (κ2) is 19.7. The first-order chi connectivity index (χ1) is 31.4. The minimum Gasteiger partial charge on any atom is -0.448 e. The number of anilines is 1. The van der Waals surface area contributed by atoms with Gasteiger partial charge in [0.1, 0.15) is 42.2 Å². The quantitative estimate of drug-likeness (QED) is 0.0341. The second-order valence-corrected chi connectivity index (χ2v) is 18.3. The van der Waals surface area contributed by atoms with Crippen LogP contribution in [0.15, 0.2) is 173 Å². The maximum atomic E-state index is 14.5. The molecule has 9 rings (SSSR count). The summed E-state index contributed by atoms with van der Waals surface area (Å²) in [6.45, 7) is 1.05. The summed E-state index contributed by atoms with van der Waals surface area (Å²) >= 11 is 4.20. The van der Waals surface area contributed by atoms with E-state index in [1.165, 1.54) is 46.9 Å². The number of rotatable bonds is 15. The summed E-state index contributed by atoms with van der Waals surface area (Å²) in [6, 6.07) is 48.3. The normalized spacial score (nSPS) is 17.9. The minimum atomic E-state index is -0.979. The first kappa shape index (κ1) is 43.0. The van der Waals surface area contributed by atoms with Crippen LogP contribution in [0.25, 0.3) is 0 Å². The highest BCUT2D eigenvalue weighted by atomic mass is 32.2. The number of hydrogen-bond donors (Lipinski definition) is 2. The van der Waals surface area contributed by atoms with Gasteiger partial charge in [-0.3, -0.25) is 14.5 Å². The molecule has 2 atom stereocenters. The van der Waals surface area contributed by atoms with Crippen LogP contribution < -0.4 is 10.6 Å². The number of carbonyl (C=O) groups excluding carboxylic acids is 3. The number of thiazole rings is 1. The molecule has 1 unspecified atom stereocenters. The van der Waals surface area contributed by atoms with Gasteiger partial charge in [-0.2, -0.15) is 0 Å². The van der Waals surface area contributed by atoms with Crippen LogP contribution in [0.4, 0.5) is 5.13 Å². The van der Waals surface area contributed by atoms with Crippen LogP contribution in [0.1, 0.15) is 39.6 Å². The Hall–Kier alpha value is -6.23. The molecule has 64 heavy (non-hydrogen) atoms. The summed E-state index contributed by atoms with van der Waals surface area (Å²) in [4.78, 5) is 55.2. The van der Waals surface area contributed by atoms with Crippen LogP contribution in [-0.4, -0.2) is 82.9 Å². The zero-order valence-corrected chi connectivity index (χ0v) is 37.0. The lowest BCUT2D eigenvalue weighted by molar-refractivity contribution is -0.154. The number of esters is 1. The molecule has 2 saturated heterocycles. The molecule has 2 fully saturated rings. The summed E-state index contributed by atoms with van der Waals surface area (Å²) < 4.78 is 17.5. The molecule has 0 aliphatic carbocycles. The molecular weight excluding hydrogens is 867 g/mol. The number of nitrogens with one attached hydrogen (secondary N) is 2. The Morgan fingerprint density at radius 1 is 0.812 bits per heavy atom. The molecule has 4 heterocycles. The van der Waals surface area contributed by atoms with E-state index in [1.807, 2.05) is 115 Å². The molecule has 2 N–H and O–H groups in total. The van der Waals surface area contributed by atoms with E-state index in [4.69, 9.17) is 24.0 Å². The largest absolute Gasteiger partial charge is 0.448 e. The fraction of sp³-hybridized carbons (Fsp3) is 0.204. The van der Waals surface area contributed by atoms with Gasteiger partial charge < -0.3 is 29.7 Å². The van der Waals surface area contributed by atoms with Crippen molar-refractivity contribution >= 4 is 63.5 Å². The molecule has 0 saturated carbocycles. The number of nitrogens with zero attached hydrogens (tertiary/aromatic N) is 3. The van der Waals surface area contributed by atoms with Gasteiger partial charge in [-0.05, 0) is 27.8 Å². The predicted octanol–water partition coefficient (Wildman–Crippen LogP) is 7.95. The molecule has 3 aliphatic rings. The summed E-state index contributed by atoms with van der Waals surface area (Å²) in [7, 11) is 1.35. The average Bonchev–Trinajstić information content (AvgIpc) is 3.82. The number of ether oxygens (including phenoxy) is 3. The molecule has 0 spiro atoms. The first-order valence-electron chi connectivity index (χ1n) is 20.6. The highest BCUT2D eigenvalue weighted by Crippen LogP contribution is 2.46. The number of benzene rings is 5. The Kier molecular flexibility index (Phi) is 13.2. The van der Waals surface area contributed by atoms with Gasteiger partial charge in [0.2, 0.25) is 0 Å². The van der Waals surface area contributed by atoms with Crippen molar-refractivity contribution in [2.75, 3.05) is 38.2 Å². The summed E-state index contributed by atoms with van der Waals surface area (Å²) in [5.41, 5.74) is 3.95. The van der Waals surface area contributed by atoms with E-state index in [-0.39, 0.29) is 29.1 Å². The summed E-state index contributed by atoms with van der Waals surface area (Å²) in [5, 5.41) is 12.3. The van der Waals surface area contributed by atoms with Gasteiger partial charge in [0, 0.05) is 16.0 Å². The number of hydrogen-bond acceptors (Lipinski definition) is 13. The van der Waals surface area contributed by atoms with E-state index >= 15 is 0 Å². The van der Waals surface area contributed by atoms with Crippen molar-refractivity contribution in [3.8, 4) is 0 Å². The van der Waals surface area contributed by atoms with E-state index in [2.05, 4.69) is 52.2 Å². The third kappa shape index (κ3) is 8.81. The van der Waals surface area contributed by atoms with Crippen LogP contribution in [0, 0.1) is 0 Å². The van der Waals surface area contributed by atoms with Gasteiger partial charge in [0.25, 0.3) is 11.8 Å². The van der Waals surface area contributed by atoms with Crippen LogP contribution in [0.5, 0.6) is 0 Å². The van der Waals surface area contributed by atoms with Gasteiger partial charge in [0.15, 0.2) is 16.9 Å². The molecule has 12 nitrogen and oxygen atoms in total. The fourth-order valence-electron chi connectivity index (χ4n) is 8.04. The molecule has 0 bridgehead atoms. The SMILES string of the molecule is CO/N=C(\C(=O)NC1C(=O)N2C(C(=O)OC(c3ccccc3)c3ccccc3)=C(SC3COCOC3)CS[C@@H]12)c1csc(NC(c2ccccc2)(c2ccccc2)c2ccccc2)n1. The standard InChI is InChI=1S/C49H43N5O7S3/c1-58-53-40(38-29-63-48(50-38)52-49(34-21-11-4-12-22-34,35-23-13-5-14-24-35)36-25-15-6-16-26-36)44(55)51-41-45(56)54-42(39(30-62-46(41)54)64-37-27-59-31-60-28-37)47(57)61-43(32-17-7-2-8-18-32)33-19-9-3-10-20-33/h2-26,29,37,41,43,46H,27-28,30-31H2,1H3,(H,50,52)(H,51,55)/b53-40-/t41?,46-/m0/s1. The molecule has 15 heteroatoms. The first-order valence-corrected chi connectivity index (χ1v) is 23.4. The molecule has 6 aromatic rings. The summed E-state index contributed by atoms with van der Waals surface area (Å²) in [6.07, 6.45) is -0.738. The van der Waals surface area contributed by atoms with Crippen molar-refractivity contribution in [3.05, 3.63) is 201 Å². The van der Waals surface area contributed by atoms with Crippen molar-refractivity contribution in [2.24, 2.45) is 5.16 Å². The number of aromatic nitrogens is 1.